The maximum Gasteiger partial charge on any atom is 0.141 e. The molecule has 0 amide bonds. The van der Waals surface area contributed by atoms with E-state index in [9.17, 15) is 0 Å². The smallest absolute Gasteiger partial charge is 0.141 e. The van der Waals surface area contributed by atoms with Gasteiger partial charge in [0.15, 0.2) is 0 Å². The molecule has 0 aliphatic heterocycles. The second-order valence-electron chi connectivity index (χ2n) is 5.78. The van der Waals surface area contributed by atoms with Crippen LogP contribution in [0.1, 0.15) is 20.3 Å². The Morgan fingerprint density at radius 2 is 1.82 bits per heavy atom. The van der Waals surface area contributed by atoms with E-state index in [2.05, 4.69) is 48.7 Å². The third-order valence-corrected chi connectivity index (χ3v) is 4.19. The number of benzene rings is 2. The van der Waals surface area contributed by atoms with Crippen LogP contribution in [0.5, 0.6) is 5.75 Å². The summed E-state index contributed by atoms with van der Waals surface area (Å²) in [5, 5.41) is 0. The largest absolute Gasteiger partial charge is 0.497 e. The molecule has 1 atom stereocenters. The normalized spacial score (nSPS) is 12.5. The number of imidazole rings is 1. The highest BCUT2D eigenvalue weighted by Gasteiger charge is 2.14. The average Bonchev–Trinajstić information content (AvgIpc) is 2.93. The Labute approximate surface area is 131 Å². The lowest BCUT2D eigenvalue weighted by Crippen LogP contribution is -2.08. The van der Waals surface area contributed by atoms with Gasteiger partial charge in [-0.2, -0.15) is 0 Å². The predicted octanol–water partition coefficient (Wildman–Crippen LogP) is 4.76. The van der Waals surface area contributed by atoms with Crippen molar-refractivity contribution in [1.82, 2.24) is 9.55 Å². The molecule has 3 aromatic rings. The Hall–Kier alpha value is -2.29. The van der Waals surface area contributed by atoms with Crippen molar-refractivity contribution in [2.24, 2.45) is 5.92 Å². The Kier molecular flexibility index (Phi) is 4.14. The van der Waals surface area contributed by atoms with Crippen molar-refractivity contribution < 1.29 is 4.74 Å². The molecule has 0 N–H and O–H groups in total. The van der Waals surface area contributed by atoms with Gasteiger partial charge in [0.1, 0.15) is 11.6 Å². The summed E-state index contributed by atoms with van der Waals surface area (Å²) in [5.41, 5.74) is 3.38. The molecule has 0 aliphatic carbocycles. The molecule has 0 saturated heterocycles. The highest BCUT2D eigenvalue weighted by molar-refractivity contribution is 5.80. The minimum atomic E-state index is 0.620. The van der Waals surface area contributed by atoms with Crippen LogP contribution in [0.2, 0.25) is 0 Å². The fourth-order valence-electron chi connectivity index (χ4n) is 2.66. The summed E-state index contributed by atoms with van der Waals surface area (Å²) in [4.78, 5) is 4.85. The third kappa shape index (κ3) is 2.71. The monoisotopic (exact) mass is 294 g/mol. The van der Waals surface area contributed by atoms with Crippen molar-refractivity contribution in [2.45, 2.75) is 26.8 Å². The van der Waals surface area contributed by atoms with Gasteiger partial charge in [-0.15, -0.1) is 0 Å². The van der Waals surface area contributed by atoms with Gasteiger partial charge in [-0.3, -0.25) is 0 Å². The number of hydrogen-bond acceptors (Lipinski definition) is 2. The van der Waals surface area contributed by atoms with E-state index < -0.39 is 0 Å². The molecule has 1 aromatic heterocycles. The summed E-state index contributed by atoms with van der Waals surface area (Å²) in [6.45, 7) is 5.50. The first kappa shape index (κ1) is 14.6. The molecule has 3 rings (SSSR count). The van der Waals surface area contributed by atoms with E-state index in [4.69, 9.17) is 9.72 Å². The molecule has 0 fully saturated rings. The van der Waals surface area contributed by atoms with Gasteiger partial charge in [-0.05, 0) is 42.3 Å². The van der Waals surface area contributed by atoms with Crippen LogP contribution in [0.4, 0.5) is 0 Å². The molecule has 0 saturated carbocycles. The number of para-hydroxylation sites is 2. The number of nitrogens with zero attached hydrogens (tertiary/aromatic N) is 2. The number of hydrogen-bond donors (Lipinski definition) is 0. The molecule has 1 heterocycles. The van der Waals surface area contributed by atoms with Crippen LogP contribution in [0.3, 0.4) is 0 Å². The summed E-state index contributed by atoms with van der Waals surface area (Å²) in [6, 6.07) is 16.5. The molecular formula is C19H22N2O. The Morgan fingerprint density at radius 1 is 1.09 bits per heavy atom. The zero-order chi connectivity index (χ0) is 15.5. The molecule has 0 spiro atoms. The van der Waals surface area contributed by atoms with Crippen LogP contribution < -0.4 is 4.74 Å². The molecule has 0 radical (unpaired) electrons. The average molecular weight is 294 g/mol. The number of rotatable bonds is 5. The molecule has 2 aromatic carbocycles. The molecule has 3 heteroatoms. The van der Waals surface area contributed by atoms with E-state index in [-0.39, 0.29) is 0 Å². The first-order valence-corrected chi connectivity index (χ1v) is 7.82. The van der Waals surface area contributed by atoms with Crippen LogP contribution >= 0.6 is 0 Å². The van der Waals surface area contributed by atoms with Crippen molar-refractivity contribution >= 4 is 11.0 Å². The minimum Gasteiger partial charge on any atom is -0.497 e. The maximum atomic E-state index is 5.25. The fourth-order valence-corrected chi connectivity index (χ4v) is 2.66. The topological polar surface area (TPSA) is 27.1 Å². The lowest BCUT2D eigenvalue weighted by Gasteiger charge is -2.14. The molecular weight excluding hydrogens is 272 g/mol. The maximum absolute atomic E-state index is 5.25. The highest BCUT2D eigenvalue weighted by Crippen LogP contribution is 2.27. The standard InChI is InChI=1S/C19H22N2O/c1-4-14(2)13-21-18-8-6-5-7-17(18)20-19(21)15-9-11-16(22-3)12-10-15/h5-12,14H,4,13H2,1-3H3/t14-/m1/s1. The van der Waals surface area contributed by atoms with Gasteiger partial charge in [-0.1, -0.05) is 32.4 Å². The van der Waals surface area contributed by atoms with E-state index in [1.807, 2.05) is 18.2 Å². The summed E-state index contributed by atoms with van der Waals surface area (Å²) in [7, 11) is 1.69. The molecule has 0 bridgehead atoms. The van der Waals surface area contributed by atoms with Gasteiger partial charge in [0.25, 0.3) is 0 Å². The summed E-state index contributed by atoms with van der Waals surface area (Å²) in [5.74, 6) is 2.52. The fraction of sp³-hybridized carbons (Fsp3) is 0.316. The lowest BCUT2D eigenvalue weighted by atomic mass is 10.1. The summed E-state index contributed by atoms with van der Waals surface area (Å²) >= 11 is 0. The molecule has 114 valence electrons. The van der Waals surface area contributed by atoms with Crippen molar-refractivity contribution in [3.05, 3.63) is 48.5 Å². The van der Waals surface area contributed by atoms with Gasteiger partial charge in [-0.25, -0.2) is 4.98 Å². The van der Waals surface area contributed by atoms with E-state index in [0.29, 0.717) is 5.92 Å². The molecule has 0 aliphatic rings. The van der Waals surface area contributed by atoms with E-state index in [1.54, 1.807) is 7.11 Å². The van der Waals surface area contributed by atoms with Gasteiger partial charge in [0, 0.05) is 12.1 Å². The number of fused-ring (bicyclic) bond motifs is 1. The van der Waals surface area contributed by atoms with Gasteiger partial charge in [0.2, 0.25) is 0 Å². The Balaban J connectivity index is 2.12. The van der Waals surface area contributed by atoms with Crippen molar-refractivity contribution in [3.8, 4) is 17.1 Å². The predicted molar refractivity (Wildman–Crippen MR) is 91.2 cm³/mol. The second-order valence-corrected chi connectivity index (χ2v) is 5.78. The Morgan fingerprint density at radius 3 is 2.50 bits per heavy atom. The van der Waals surface area contributed by atoms with Gasteiger partial charge < -0.3 is 9.30 Å². The first-order valence-electron chi connectivity index (χ1n) is 7.82. The van der Waals surface area contributed by atoms with E-state index in [1.165, 1.54) is 5.52 Å². The number of methoxy groups -OCH3 is 1. The first-order chi connectivity index (χ1) is 10.7. The van der Waals surface area contributed by atoms with Crippen LogP contribution in [0, 0.1) is 5.92 Å². The summed E-state index contributed by atoms with van der Waals surface area (Å²) in [6.07, 6.45) is 1.16. The van der Waals surface area contributed by atoms with Crippen molar-refractivity contribution in [1.29, 1.82) is 0 Å². The Bertz CT molecular complexity index is 759. The van der Waals surface area contributed by atoms with Crippen LogP contribution in [-0.4, -0.2) is 16.7 Å². The highest BCUT2D eigenvalue weighted by atomic mass is 16.5. The quantitative estimate of drug-likeness (QED) is 0.678. The third-order valence-electron chi connectivity index (χ3n) is 4.19. The van der Waals surface area contributed by atoms with Crippen LogP contribution in [0.15, 0.2) is 48.5 Å². The lowest BCUT2D eigenvalue weighted by molar-refractivity contribution is 0.415. The van der Waals surface area contributed by atoms with E-state index in [0.717, 1.165) is 35.6 Å². The molecule has 3 nitrogen and oxygen atoms in total. The van der Waals surface area contributed by atoms with Gasteiger partial charge in [0.05, 0.1) is 18.1 Å². The van der Waals surface area contributed by atoms with Crippen molar-refractivity contribution in [3.63, 3.8) is 0 Å². The molecule has 22 heavy (non-hydrogen) atoms. The van der Waals surface area contributed by atoms with Crippen LogP contribution in [0.25, 0.3) is 22.4 Å². The number of ether oxygens (including phenoxy) is 1. The zero-order valence-corrected chi connectivity index (χ0v) is 13.4. The second kappa shape index (κ2) is 6.22. The zero-order valence-electron chi connectivity index (χ0n) is 13.4. The van der Waals surface area contributed by atoms with Gasteiger partial charge >= 0.3 is 0 Å². The minimum absolute atomic E-state index is 0.620. The SMILES string of the molecule is CC[C@@H](C)Cn1c(-c2ccc(OC)cc2)nc2ccccc21. The summed E-state index contributed by atoms with van der Waals surface area (Å²) < 4.78 is 7.59. The van der Waals surface area contributed by atoms with Crippen LogP contribution in [-0.2, 0) is 6.54 Å². The van der Waals surface area contributed by atoms with Crippen molar-refractivity contribution in [2.75, 3.05) is 7.11 Å². The van der Waals surface area contributed by atoms with E-state index >= 15 is 0 Å². The number of aromatic nitrogens is 2. The molecule has 0 unspecified atom stereocenters.